The van der Waals surface area contributed by atoms with Crippen LogP contribution in [0.5, 0.6) is 17.2 Å². The molecule has 1 aliphatic heterocycles. The van der Waals surface area contributed by atoms with Gasteiger partial charge in [-0.3, -0.25) is 4.90 Å². The topological polar surface area (TPSA) is 43.0 Å². The summed E-state index contributed by atoms with van der Waals surface area (Å²) in [5.41, 5.74) is 2.32. The maximum Gasteiger partial charge on any atom is 0.164 e. The van der Waals surface area contributed by atoms with Crippen LogP contribution in [0, 0.1) is 5.92 Å². The normalized spacial score (nSPS) is 15.9. The molecule has 2 aromatic rings. The largest absolute Gasteiger partial charge is 0.493 e. The molecule has 0 aliphatic carbocycles. The average molecular weight is 399 g/mol. The maximum absolute atomic E-state index is 6.34. The van der Waals surface area contributed by atoms with Crippen LogP contribution in [-0.2, 0) is 6.61 Å². The van der Waals surface area contributed by atoms with Crippen molar-refractivity contribution in [1.82, 2.24) is 10.2 Å². The fraction of sp³-hybridized carbons (Fsp3) is 0.500. The zero-order valence-electron chi connectivity index (χ0n) is 18.1. The molecule has 2 aromatic carbocycles. The van der Waals surface area contributed by atoms with E-state index in [1.165, 1.54) is 5.56 Å². The second-order valence-electron chi connectivity index (χ2n) is 7.95. The minimum absolute atomic E-state index is 0.280. The van der Waals surface area contributed by atoms with Crippen LogP contribution >= 0.6 is 0 Å². The van der Waals surface area contributed by atoms with E-state index in [9.17, 15) is 0 Å². The molecule has 0 bridgehead atoms. The van der Waals surface area contributed by atoms with E-state index in [0.717, 1.165) is 49.7 Å². The highest BCUT2D eigenvalue weighted by Crippen LogP contribution is 2.41. The number of hydrogen-bond donors (Lipinski definition) is 1. The van der Waals surface area contributed by atoms with Gasteiger partial charge in [0, 0.05) is 43.9 Å². The number of rotatable bonds is 9. The molecule has 0 radical (unpaired) electrons. The molecule has 3 rings (SSSR count). The van der Waals surface area contributed by atoms with Crippen LogP contribution in [0.15, 0.2) is 42.5 Å². The summed E-state index contributed by atoms with van der Waals surface area (Å²) in [6.07, 6.45) is 1.07. The van der Waals surface area contributed by atoms with Gasteiger partial charge >= 0.3 is 0 Å². The van der Waals surface area contributed by atoms with Gasteiger partial charge in [0.1, 0.15) is 12.4 Å². The van der Waals surface area contributed by atoms with E-state index in [4.69, 9.17) is 14.2 Å². The van der Waals surface area contributed by atoms with E-state index in [1.807, 2.05) is 24.3 Å². The van der Waals surface area contributed by atoms with Gasteiger partial charge in [-0.2, -0.15) is 0 Å². The summed E-state index contributed by atoms with van der Waals surface area (Å²) in [5, 5.41) is 3.46. The molecule has 0 unspecified atom stereocenters. The molecule has 5 nitrogen and oxygen atoms in total. The number of hydrogen-bond acceptors (Lipinski definition) is 5. The van der Waals surface area contributed by atoms with Crippen LogP contribution in [0.3, 0.4) is 0 Å². The first-order valence-corrected chi connectivity index (χ1v) is 10.5. The van der Waals surface area contributed by atoms with Gasteiger partial charge < -0.3 is 19.5 Å². The molecule has 158 valence electrons. The summed E-state index contributed by atoms with van der Waals surface area (Å²) in [7, 11) is 3.36. The zero-order valence-corrected chi connectivity index (χ0v) is 18.1. The zero-order chi connectivity index (χ0) is 20.6. The van der Waals surface area contributed by atoms with Crippen LogP contribution in [0.4, 0.5) is 0 Å². The first-order valence-electron chi connectivity index (χ1n) is 10.5. The van der Waals surface area contributed by atoms with Crippen LogP contribution < -0.4 is 19.5 Å². The van der Waals surface area contributed by atoms with Crippen molar-refractivity contribution in [2.45, 2.75) is 32.9 Å². The van der Waals surface area contributed by atoms with E-state index < -0.39 is 0 Å². The lowest BCUT2D eigenvalue weighted by molar-refractivity contribution is 0.149. The second kappa shape index (κ2) is 10.5. The van der Waals surface area contributed by atoms with Crippen molar-refractivity contribution in [1.29, 1.82) is 0 Å². The van der Waals surface area contributed by atoms with Crippen LogP contribution in [0.1, 0.15) is 37.4 Å². The Kier molecular flexibility index (Phi) is 7.78. The Labute approximate surface area is 175 Å². The third-order valence-electron chi connectivity index (χ3n) is 5.40. The molecule has 1 saturated heterocycles. The van der Waals surface area contributed by atoms with Gasteiger partial charge in [0.15, 0.2) is 11.5 Å². The van der Waals surface area contributed by atoms with Crippen molar-refractivity contribution in [3.8, 4) is 17.2 Å². The van der Waals surface area contributed by atoms with Gasteiger partial charge in [0.25, 0.3) is 0 Å². The van der Waals surface area contributed by atoms with Gasteiger partial charge in [0.2, 0.25) is 0 Å². The van der Waals surface area contributed by atoms with E-state index in [0.29, 0.717) is 18.3 Å². The fourth-order valence-electron chi connectivity index (χ4n) is 3.91. The maximum atomic E-state index is 6.34. The Bertz CT molecular complexity index is 758. The number of ether oxygens (including phenoxy) is 3. The lowest BCUT2D eigenvalue weighted by Crippen LogP contribution is -2.45. The van der Waals surface area contributed by atoms with Gasteiger partial charge in [-0.05, 0) is 24.0 Å². The molecule has 1 N–H and O–H groups in total. The van der Waals surface area contributed by atoms with Gasteiger partial charge in [-0.15, -0.1) is 0 Å². The Morgan fingerprint density at radius 1 is 0.931 bits per heavy atom. The monoisotopic (exact) mass is 398 g/mol. The molecular weight excluding hydrogens is 364 g/mol. The van der Waals surface area contributed by atoms with Crippen molar-refractivity contribution in [2.24, 2.45) is 5.92 Å². The van der Waals surface area contributed by atoms with Crippen LogP contribution in [0.25, 0.3) is 0 Å². The van der Waals surface area contributed by atoms with Crippen LogP contribution in [0.2, 0.25) is 0 Å². The Balaban J connectivity index is 1.97. The lowest BCUT2D eigenvalue weighted by atomic mass is 9.93. The standard InChI is InChI=1S/C24H34N2O3/c1-18(2)14-21(26-12-10-25-11-13-26)20-15-23(27-3)24(28-4)16-22(20)29-17-19-8-6-5-7-9-19/h5-9,15-16,18,21,25H,10-14,17H2,1-4H3/t21-/m0/s1. The molecule has 1 fully saturated rings. The summed E-state index contributed by atoms with van der Waals surface area (Å²) in [6, 6.07) is 14.6. The fourth-order valence-corrected chi connectivity index (χ4v) is 3.91. The molecule has 0 saturated carbocycles. The molecule has 1 atom stereocenters. The molecule has 0 spiro atoms. The van der Waals surface area contributed by atoms with Gasteiger partial charge in [0.05, 0.1) is 14.2 Å². The van der Waals surface area contributed by atoms with Crippen molar-refractivity contribution in [3.63, 3.8) is 0 Å². The molecule has 5 heteroatoms. The Morgan fingerprint density at radius 3 is 2.21 bits per heavy atom. The summed E-state index contributed by atoms with van der Waals surface area (Å²) >= 11 is 0. The average Bonchev–Trinajstić information content (AvgIpc) is 2.76. The van der Waals surface area contributed by atoms with E-state index in [-0.39, 0.29) is 6.04 Å². The van der Waals surface area contributed by atoms with E-state index >= 15 is 0 Å². The number of nitrogens with one attached hydrogen (secondary N) is 1. The summed E-state index contributed by atoms with van der Waals surface area (Å²) in [6.45, 7) is 9.18. The molecular formula is C24H34N2O3. The van der Waals surface area contributed by atoms with Gasteiger partial charge in [-0.25, -0.2) is 0 Å². The van der Waals surface area contributed by atoms with Crippen LogP contribution in [-0.4, -0.2) is 45.3 Å². The summed E-state index contributed by atoms with van der Waals surface area (Å²) in [5.74, 6) is 2.89. The Hall–Kier alpha value is -2.24. The van der Waals surface area contributed by atoms with Crippen molar-refractivity contribution in [2.75, 3.05) is 40.4 Å². The molecule has 0 amide bonds. The highest BCUT2D eigenvalue weighted by Gasteiger charge is 2.27. The lowest BCUT2D eigenvalue weighted by Gasteiger charge is -2.37. The minimum atomic E-state index is 0.280. The SMILES string of the molecule is COc1cc(OCc2ccccc2)c([C@H](CC(C)C)N2CCNCC2)cc1OC. The number of methoxy groups -OCH3 is 2. The predicted octanol–water partition coefficient (Wildman–Crippen LogP) is 4.28. The summed E-state index contributed by atoms with van der Waals surface area (Å²) in [4.78, 5) is 2.56. The third kappa shape index (κ3) is 5.64. The smallest absolute Gasteiger partial charge is 0.164 e. The molecule has 0 aromatic heterocycles. The van der Waals surface area contributed by atoms with E-state index in [1.54, 1.807) is 14.2 Å². The third-order valence-corrected chi connectivity index (χ3v) is 5.40. The second-order valence-corrected chi connectivity index (χ2v) is 7.95. The predicted molar refractivity (Wildman–Crippen MR) is 117 cm³/mol. The number of piperazine rings is 1. The highest BCUT2D eigenvalue weighted by atomic mass is 16.5. The summed E-state index contributed by atoms with van der Waals surface area (Å²) < 4.78 is 17.5. The van der Waals surface area contributed by atoms with E-state index in [2.05, 4.69) is 42.3 Å². The van der Waals surface area contributed by atoms with Crippen molar-refractivity contribution >= 4 is 0 Å². The molecule has 1 heterocycles. The number of benzene rings is 2. The molecule has 1 aliphatic rings. The highest BCUT2D eigenvalue weighted by molar-refractivity contribution is 5.52. The van der Waals surface area contributed by atoms with Crippen molar-refractivity contribution in [3.05, 3.63) is 53.6 Å². The molecule has 29 heavy (non-hydrogen) atoms. The first kappa shape index (κ1) is 21.5. The van der Waals surface area contributed by atoms with Crippen molar-refractivity contribution < 1.29 is 14.2 Å². The minimum Gasteiger partial charge on any atom is -0.493 e. The van der Waals surface area contributed by atoms with Gasteiger partial charge in [-0.1, -0.05) is 44.2 Å². The Morgan fingerprint density at radius 2 is 1.59 bits per heavy atom. The first-order chi connectivity index (χ1) is 14.1. The quantitative estimate of drug-likeness (QED) is 0.683. The number of nitrogens with zero attached hydrogens (tertiary/aromatic N) is 1.